The predicted molar refractivity (Wildman–Crippen MR) is 45.2 cm³/mol. The second kappa shape index (κ2) is 4.20. The molecule has 0 fully saturated rings. The molecule has 0 saturated carbocycles. The van der Waals surface area contributed by atoms with Gasteiger partial charge in [0.1, 0.15) is 0 Å². The van der Waals surface area contributed by atoms with Gasteiger partial charge in [-0.15, -0.1) is 0 Å². The summed E-state index contributed by atoms with van der Waals surface area (Å²) in [5, 5.41) is 0. The minimum absolute atomic E-state index is 0.477. The van der Waals surface area contributed by atoms with Gasteiger partial charge in [-0.2, -0.15) is 0 Å². The fraction of sp³-hybridized carbons (Fsp3) is 0.750. The predicted octanol–water partition coefficient (Wildman–Crippen LogP) is 1.70. The maximum absolute atomic E-state index is 4.29. The van der Waals surface area contributed by atoms with E-state index in [1.165, 1.54) is 19.3 Å². The highest BCUT2D eigenvalue weighted by Gasteiger charge is 2.04. The van der Waals surface area contributed by atoms with Crippen molar-refractivity contribution in [2.75, 3.05) is 6.54 Å². The van der Waals surface area contributed by atoms with Gasteiger partial charge in [-0.05, 0) is 6.42 Å². The zero-order valence-electron chi connectivity index (χ0n) is 6.45. The van der Waals surface area contributed by atoms with Crippen molar-refractivity contribution >= 4 is 12.4 Å². The zero-order chi connectivity index (χ0) is 7.23. The van der Waals surface area contributed by atoms with Gasteiger partial charge in [0.15, 0.2) is 0 Å². The van der Waals surface area contributed by atoms with Crippen molar-refractivity contribution in [3.8, 4) is 0 Å². The Morgan fingerprint density at radius 2 is 2.40 bits per heavy atom. The van der Waals surface area contributed by atoms with Gasteiger partial charge in [0.05, 0.1) is 12.6 Å². The lowest BCUT2D eigenvalue weighted by atomic mass is 10.1. The second-order valence-electron chi connectivity index (χ2n) is 2.61. The van der Waals surface area contributed by atoms with Crippen LogP contribution in [-0.2, 0) is 0 Å². The van der Waals surface area contributed by atoms with E-state index in [4.69, 9.17) is 0 Å². The van der Waals surface area contributed by atoms with Gasteiger partial charge in [0.25, 0.3) is 0 Å². The van der Waals surface area contributed by atoms with Gasteiger partial charge < -0.3 is 0 Å². The molecular weight excluding hydrogens is 124 g/mol. The lowest BCUT2D eigenvalue weighted by Crippen LogP contribution is -2.12. The summed E-state index contributed by atoms with van der Waals surface area (Å²) in [6, 6.07) is 0.477. The quantitative estimate of drug-likeness (QED) is 0.567. The SMILES string of the molecule is CCCCC1CN=CC=N1. The summed E-state index contributed by atoms with van der Waals surface area (Å²) >= 11 is 0. The molecule has 10 heavy (non-hydrogen) atoms. The third-order valence-corrected chi connectivity index (χ3v) is 1.68. The van der Waals surface area contributed by atoms with Crippen LogP contribution in [0.4, 0.5) is 0 Å². The van der Waals surface area contributed by atoms with Crippen molar-refractivity contribution in [1.29, 1.82) is 0 Å². The summed E-state index contributed by atoms with van der Waals surface area (Å²) in [5.41, 5.74) is 0. The molecule has 1 aliphatic heterocycles. The minimum atomic E-state index is 0.477. The Kier molecular flexibility index (Phi) is 3.13. The van der Waals surface area contributed by atoms with E-state index in [9.17, 15) is 0 Å². The Hall–Kier alpha value is -0.660. The molecule has 0 aromatic carbocycles. The highest BCUT2D eigenvalue weighted by Crippen LogP contribution is 2.05. The van der Waals surface area contributed by atoms with Crippen LogP contribution < -0.4 is 0 Å². The van der Waals surface area contributed by atoms with Gasteiger partial charge in [-0.1, -0.05) is 19.8 Å². The molecule has 1 rings (SSSR count). The van der Waals surface area contributed by atoms with E-state index < -0.39 is 0 Å². The zero-order valence-corrected chi connectivity index (χ0v) is 6.45. The van der Waals surface area contributed by atoms with Gasteiger partial charge in [-0.3, -0.25) is 9.98 Å². The average Bonchev–Trinajstić information content (AvgIpc) is 2.03. The molecule has 0 spiro atoms. The summed E-state index contributed by atoms with van der Waals surface area (Å²) in [5.74, 6) is 0. The van der Waals surface area contributed by atoms with Crippen LogP contribution in [0, 0.1) is 0 Å². The Balaban J connectivity index is 2.17. The van der Waals surface area contributed by atoms with E-state index in [1.807, 2.05) is 6.21 Å². The molecule has 0 bridgehead atoms. The van der Waals surface area contributed by atoms with E-state index in [0.29, 0.717) is 6.04 Å². The smallest absolute Gasteiger partial charge is 0.0695 e. The third-order valence-electron chi connectivity index (χ3n) is 1.68. The molecule has 1 atom stereocenters. The topological polar surface area (TPSA) is 24.7 Å². The average molecular weight is 138 g/mol. The maximum atomic E-state index is 4.29. The molecule has 0 aromatic rings. The summed E-state index contributed by atoms with van der Waals surface area (Å²) in [6.07, 6.45) is 7.32. The van der Waals surface area contributed by atoms with E-state index in [0.717, 1.165) is 6.54 Å². The molecular formula is C8H14N2. The van der Waals surface area contributed by atoms with Crippen LogP contribution >= 0.6 is 0 Å². The third kappa shape index (κ3) is 2.29. The number of hydrogen-bond acceptors (Lipinski definition) is 2. The molecule has 56 valence electrons. The Labute approximate surface area is 62.1 Å². The standard InChI is InChI=1S/C8H14N2/c1-2-3-4-8-7-9-5-6-10-8/h5-6,8H,2-4,7H2,1H3. The van der Waals surface area contributed by atoms with Crippen LogP contribution in [0.2, 0.25) is 0 Å². The number of nitrogens with zero attached hydrogens (tertiary/aromatic N) is 2. The van der Waals surface area contributed by atoms with Gasteiger partial charge >= 0.3 is 0 Å². The molecule has 0 aromatic heterocycles. The molecule has 0 amide bonds. The summed E-state index contributed by atoms with van der Waals surface area (Å²) in [7, 11) is 0. The van der Waals surface area contributed by atoms with Gasteiger partial charge in [0.2, 0.25) is 0 Å². The molecule has 1 heterocycles. The number of aliphatic imine (C=N–C) groups is 2. The molecule has 2 nitrogen and oxygen atoms in total. The Morgan fingerprint density at radius 1 is 1.50 bits per heavy atom. The number of rotatable bonds is 3. The largest absolute Gasteiger partial charge is 0.289 e. The van der Waals surface area contributed by atoms with Gasteiger partial charge in [-0.25, -0.2) is 0 Å². The molecule has 0 radical (unpaired) electrons. The van der Waals surface area contributed by atoms with Crippen molar-refractivity contribution in [3.63, 3.8) is 0 Å². The van der Waals surface area contributed by atoms with Crippen LogP contribution in [0.5, 0.6) is 0 Å². The molecule has 0 aliphatic carbocycles. The monoisotopic (exact) mass is 138 g/mol. The summed E-state index contributed by atoms with van der Waals surface area (Å²) < 4.78 is 0. The first kappa shape index (κ1) is 7.45. The lowest BCUT2D eigenvalue weighted by molar-refractivity contribution is 0.587. The highest BCUT2D eigenvalue weighted by atomic mass is 14.9. The summed E-state index contributed by atoms with van der Waals surface area (Å²) in [4.78, 5) is 8.43. The lowest BCUT2D eigenvalue weighted by Gasteiger charge is -2.10. The van der Waals surface area contributed by atoms with Crippen LogP contribution in [0.1, 0.15) is 26.2 Å². The van der Waals surface area contributed by atoms with E-state index in [1.54, 1.807) is 6.21 Å². The molecule has 1 aliphatic rings. The first-order valence-electron chi connectivity index (χ1n) is 3.95. The van der Waals surface area contributed by atoms with Gasteiger partial charge in [0, 0.05) is 12.4 Å². The van der Waals surface area contributed by atoms with Crippen molar-refractivity contribution in [2.45, 2.75) is 32.2 Å². The van der Waals surface area contributed by atoms with Crippen molar-refractivity contribution in [3.05, 3.63) is 0 Å². The molecule has 0 N–H and O–H groups in total. The van der Waals surface area contributed by atoms with Crippen molar-refractivity contribution < 1.29 is 0 Å². The van der Waals surface area contributed by atoms with E-state index >= 15 is 0 Å². The Morgan fingerprint density at radius 3 is 3.00 bits per heavy atom. The fourth-order valence-electron chi connectivity index (χ4n) is 1.04. The first-order chi connectivity index (χ1) is 4.93. The highest BCUT2D eigenvalue weighted by molar-refractivity contribution is 6.16. The minimum Gasteiger partial charge on any atom is -0.289 e. The normalized spacial score (nSPS) is 23.5. The first-order valence-corrected chi connectivity index (χ1v) is 3.95. The maximum Gasteiger partial charge on any atom is 0.0695 e. The number of hydrogen-bond donors (Lipinski definition) is 0. The molecule has 2 heteroatoms. The van der Waals surface area contributed by atoms with E-state index in [2.05, 4.69) is 16.9 Å². The Bertz CT molecular complexity index is 138. The van der Waals surface area contributed by atoms with Crippen LogP contribution in [-0.4, -0.2) is 25.0 Å². The van der Waals surface area contributed by atoms with Crippen LogP contribution in [0.15, 0.2) is 9.98 Å². The number of unbranched alkanes of at least 4 members (excludes halogenated alkanes) is 1. The van der Waals surface area contributed by atoms with Crippen LogP contribution in [0.25, 0.3) is 0 Å². The van der Waals surface area contributed by atoms with E-state index in [-0.39, 0.29) is 0 Å². The fourth-order valence-corrected chi connectivity index (χ4v) is 1.04. The molecule has 1 unspecified atom stereocenters. The van der Waals surface area contributed by atoms with Crippen LogP contribution in [0.3, 0.4) is 0 Å². The van der Waals surface area contributed by atoms with Crippen molar-refractivity contribution in [2.24, 2.45) is 9.98 Å². The molecule has 0 saturated heterocycles. The van der Waals surface area contributed by atoms with Crippen molar-refractivity contribution in [1.82, 2.24) is 0 Å². The second-order valence-corrected chi connectivity index (χ2v) is 2.61. The summed E-state index contributed by atoms with van der Waals surface area (Å²) in [6.45, 7) is 3.10.